The van der Waals surface area contributed by atoms with Crippen molar-refractivity contribution >= 4 is 34.4 Å². The number of halogens is 3. The van der Waals surface area contributed by atoms with Crippen molar-refractivity contribution in [2.75, 3.05) is 23.3 Å². The summed E-state index contributed by atoms with van der Waals surface area (Å²) in [5.41, 5.74) is 3.10. The van der Waals surface area contributed by atoms with E-state index in [1.807, 2.05) is 42.7 Å². The molecule has 33 heavy (non-hydrogen) atoms. The average molecular weight is 473 g/mol. The van der Waals surface area contributed by atoms with Gasteiger partial charge < -0.3 is 14.8 Å². The van der Waals surface area contributed by atoms with Gasteiger partial charge in [0.2, 0.25) is 5.28 Å². The van der Waals surface area contributed by atoms with Gasteiger partial charge in [0, 0.05) is 37.8 Å². The van der Waals surface area contributed by atoms with Gasteiger partial charge in [0.05, 0.1) is 18.6 Å². The van der Waals surface area contributed by atoms with E-state index in [0.29, 0.717) is 35.9 Å². The van der Waals surface area contributed by atoms with Crippen molar-refractivity contribution in [1.29, 1.82) is 0 Å². The lowest BCUT2D eigenvalue weighted by atomic mass is 10.2. The molecule has 1 N–H and O–H groups in total. The number of benzene rings is 1. The number of rotatable bonds is 6. The summed E-state index contributed by atoms with van der Waals surface area (Å²) in [7, 11) is 0. The number of fused-ring (bicyclic) bond motifs is 1. The topological polar surface area (TPSA) is 76.7 Å². The number of para-hydroxylation sites is 1. The minimum atomic E-state index is -2.67. The molecule has 5 rings (SSSR count). The molecule has 0 amide bonds. The normalized spacial score (nSPS) is 15.6. The van der Waals surface area contributed by atoms with E-state index < -0.39 is 5.92 Å². The molecule has 11 heteroatoms. The van der Waals surface area contributed by atoms with Gasteiger partial charge >= 0.3 is 0 Å². The van der Waals surface area contributed by atoms with E-state index in [2.05, 4.69) is 25.4 Å². The predicted molar refractivity (Wildman–Crippen MR) is 123 cm³/mol. The lowest BCUT2D eigenvalue weighted by Crippen LogP contribution is -2.25. The maximum Gasteiger partial charge on any atom is 0.266 e. The summed E-state index contributed by atoms with van der Waals surface area (Å²) < 4.78 is 30.9. The lowest BCUT2D eigenvalue weighted by molar-refractivity contribution is 0.0256. The molecular weight excluding hydrogens is 450 g/mol. The monoisotopic (exact) mass is 472 g/mol. The van der Waals surface area contributed by atoms with Gasteiger partial charge in [0.1, 0.15) is 0 Å². The van der Waals surface area contributed by atoms with Crippen molar-refractivity contribution in [3.05, 3.63) is 53.7 Å². The number of alkyl halides is 2. The third-order valence-electron chi connectivity index (χ3n) is 5.70. The van der Waals surface area contributed by atoms with Gasteiger partial charge in [-0.05, 0) is 37.1 Å². The standard InChI is InChI=1S/C22H23ClF2N8/c1-14(2)32-13-27-18-19(28-21(23)29-20(18)32)26-11-15-5-3-4-6-16(15)33-9-7-17(30-33)31-10-8-22(24,25)12-31/h3-7,9,13-14H,8,10-12H2,1-2H3,(H,26,28,29). The predicted octanol–water partition coefficient (Wildman–Crippen LogP) is 4.70. The van der Waals surface area contributed by atoms with E-state index in [1.54, 1.807) is 28.2 Å². The van der Waals surface area contributed by atoms with E-state index in [4.69, 9.17) is 11.6 Å². The molecule has 0 saturated carbocycles. The quantitative estimate of drug-likeness (QED) is 0.410. The van der Waals surface area contributed by atoms with Crippen LogP contribution in [0.15, 0.2) is 42.9 Å². The summed E-state index contributed by atoms with van der Waals surface area (Å²) >= 11 is 6.18. The van der Waals surface area contributed by atoms with E-state index in [1.165, 1.54) is 0 Å². The van der Waals surface area contributed by atoms with Crippen LogP contribution in [-0.4, -0.2) is 48.3 Å². The molecule has 3 aromatic heterocycles. The average Bonchev–Trinajstić information content (AvgIpc) is 3.50. The maximum absolute atomic E-state index is 13.6. The maximum atomic E-state index is 13.6. The van der Waals surface area contributed by atoms with E-state index >= 15 is 0 Å². The largest absolute Gasteiger partial charge is 0.364 e. The van der Waals surface area contributed by atoms with Crippen LogP contribution in [0.25, 0.3) is 16.9 Å². The highest BCUT2D eigenvalue weighted by Crippen LogP contribution is 2.30. The number of hydrogen-bond donors (Lipinski definition) is 1. The molecular formula is C22H23ClF2N8. The molecule has 1 fully saturated rings. The molecule has 8 nitrogen and oxygen atoms in total. The molecule has 172 valence electrons. The third kappa shape index (κ3) is 4.22. The zero-order valence-corrected chi connectivity index (χ0v) is 19.0. The summed E-state index contributed by atoms with van der Waals surface area (Å²) in [4.78, 5) is 14.7. The summed E-state index contributed by atoms with van der Waals surface area (Å²) in [5, 5.41) is 8.01. The number of aromatic nitrogens is 6. The Morgan fingerprint density at radius 2 is 2.00 bits per heavy atom. The Balaban J connectivity index is 1.40. The second-order valence-electron chi connectivity index (χ2n) is 8.39. The highest BCUT2D eigenvalue weighted by Gasteiger charge is 2.39. The smallest absolute Gasteiger partial charge is 0.266 e. The second-order valence-corrected chi connectivity index (χ2v) is 8.73. The first-order chi connectivity index (χ1) is 15.8. The Labute approximate surface area is 194 Å². The molecule has 1 aliphatic heterocycles. The van der Waals surface area contributed by atoms with Gasteiger partial charge in [0.15, 0.2) is 22.8 Å². The lowest BCUT2D eigenvalue weighted by Gasteiger charge is -2.15. The van der Waals surface area contributed by atoms with Crippen LogP contribution in [0.2, 0.25) is 5.28 Å². The van der Waals surface area contributed by atoms with Crippen LogP contribution >= 0.6 is 11.6 Å². The Kier molecular flexibility index (Phi) is 5.40. The highest BCUT2D eigenvalue weighted by molar-refractivity contribution is 6.28. The first-order valence-electron chi connectivity index (χ1n) is 10.7. The third-order valence-corrected chi connectivity index (χ3v) is 5.87. The van der Waals surface area contributed by atoms with E-state index in [-0.39, 0.29) is 24.3 Å². The number of anilines is 2. The minimum absolute atomic E-state index is 0.139. The second kappa shape index (κ2) is 8.26. The zero-order chi connectivity index (χ0) is 23.2. The van der Waals surface area contributed by atoms with Gasteiger partial charge in [-0.3, -0.25) is 0 Å². The zero-order valence-electron chi connectivity index (χ0n) is 18.2. The number of nitrogens with one attached hydrogen (secondary N) is 1. The fraction of sp³-hybridized carbons (Fsp3) is 0.364. The van der Waals surface area contributed by atoms with E-state index in [9.17, 15) is 8.78 Å². The molecule has 1 aliphatic rings. The molecule has 0 radical (unpaired) electrons. The van der Waals surface area contributed by atoms with Crippen LogP contribution in [-0.2, 0) is 6.54 Å². The molecule has 1 saturated heterocycles. The fourth-order valence-electron chi connectivity index (χ4n) is 4.00. The van der Waals surface area contributed by atoms with Crippen molar-refractivity contribution in [3.63, 3.8) is 0 Å². The van der Waals surface area contributed by atoms with Crippen LogP contribution in [0.3, 0.4) is 0 Å². The molecule has 4 aromatic rings. The Hall–Kier alpha value is -3.27. The summed E-state index contributed by atoms with van der Waals surface area (Å²) in [6.45, 7) is 4.51. The van der Waals surface area contributed by atoms with Gasteiger partial charge in [-0.1, -0.05) is 18.2 Å². The van der Waals surface area contributed by atoms with Crippen LogP contribution in [0.1, 0.15) is 31.9 Å². The molecule has 4 heterocycles. The van der Waals surface area contributed by atoms with E-state index in [0.717, 1.165) is 11.3 Å². The summed E-state index contributed by atoms with van der Waals surface area (Å²) in [6, 6.07) is 9.69. The van der Waals surface area contributed by atoms with Crippen LogP contribution in [0.5, 0.6) is 0 Å². The number of hydrogen-bond acceptors (Lipinski definition) is 6. The molecule has 0 bridgehead atoms. The number of nitrogens with zero attached hydrogens (tertiary/aromatic N) is 7. The summed E-state index contributed by atoms with van der Waals surface area (Å²) in [6.07, 6.45) is 3.37. The van der Waals surface area contributed by atoms with Gasteiger partial charge in [-0.2, -0.15) is 15.1 Å². The van der Waals surface area contributed by atoms with Crippen LogP contribution in [0.4, 0.5) is 20.4 Å². The molecule has 0 unspecified atom stereocenters. The van der Waals surface area contributed by atoms with Gasteiger partial charge in [0.25, 0.3) is 5.92 Å². The Bertz CT molecular complexity index is 1300. The molecule has 0 spiro atoms. The van der Waals surface area contributed by atoms with Crippen molar-refractivity contribution in [3.8, 4) is 5.69 Å². The highest BCUT2D eigenvalue weighted by atomic mass is 35.5. The number of imidazole rings is 1. The SMILES string of the molecule is CC(C)n1cnc2c(NCc3ccccc3-n3ccc(N4CCC(F)(F)C4)n3)nc(Cl)nc21. The first-order valence-corrected chi connectivity index (χ1v) is 11.1. The molecule has 1 aromatic carbocycles. The van der Waals surface area contributed by atoms with Crippen molar-refractivity contribution < 1.29 is 8.78 Å². The minimum Gasteiger partial charge on any atom is -0.364 e. The van der Waals surface area contributed by atoms with Crippen LogP contribution < -0.4 is 10.2 Å². The van der Waals surface area contributed by atoms with Crippen molar-refractivity contribution in [2.45, 2.75) is 38.8 Å². The Morgan fingerprint density at radius 1 is 1.18 bits per heavy atom. The van der Waals surface area contributed by atoms with Crippen LogP contribution in [0, 0.1) is 0 Å². The van der Waals surface area contributed by atoms with Gasteiger partial charge in [-0.15, -0.1) is 0 Å². The molecule has 0 aliphatic carbocycles. The van der Waals surface area contributed by atoms with Gasteiger partial charge in [-0.25, -0.2) is 18.4 Å². The summed E-state index contributed by atoms with van der Waals surface area (Å²) in [5.74, 6) is -1.59. The van der Waals surface area contributed by atoms with Crippen molar-refractivity contribution in [2.24, 2.45) is 0 Å². The Morgan fingerprint density at radius 3 is 2.76 bits per heavy atom. The fourth-order valence-corrected chi connectivity index (χ4v) is 4.17. The molecule has 0 atom stereocenters. The van der Waals surface area contributed by atoms with Crippen molar-refractivity contribution in [1.82, 2.24) is 29.3 Å². The first kappa shape index (κ1) is 21.6.